The number of nitrogens with zero attached hydrogens (tertiary/aromatic N) is 1. The Morgan fingerprint density at radius 3 is 2.56 bits per heavy atom. The summed E-state index contributed by atoms with van der Waals surface area (Å²) in [5.74, 6) is -2.58. The van der Waals surface area contributed by atoms with Gasteiger partial charge in [-0.3, -0.25) is 19.3 Å². The van der Waals surface area contributed by atoms with Crippen LogP contribution in [0.2, 0.25) is 0 Å². The molecule has 0 aromatic heterocycles. The molecule has 0 bridgehead atoms. The second kappa shape index (κ2) is 10.3. The summed E-state index contributed by atoms with van der Waals surface area (Å²) in [6, 6.07) is 19.4. The number of halogens is 2. The van der Waals surface area contributed by atoms with Gasteiger partial charge in [0.15, 0.2) is 0 Å². The minimum absolute atomic E-state index is 0.144. The fraction of sp³-hybridized carbons (Fsp3) is 0.0800. The molecule has 34 heavy (non-hydrogen) atoms. The summed E-state index contributed by atoms with van der Waals surface area (Å²) >= 11 is 0.700. The second-order valence-corrected chi connectivity index (χ2v) is 8.28. The van der Waals surface area contributed by atoms with Crippen LogP contribution in [0.4, 0.5) is 19.3 Å². The molecule has 4 rings (SSSR count). The maximum Gasteiger partial charge on any atom is 0.294 e. The number of carbonyl (C=O) groups is 3. The SMILES string of the molecule is O=C(CN1C(=O)S/C(=C/c2cccc(OCc3ccccc3)c2)C1=O)Nc1ccc(F)cc1F. The first-order valence-corrected chi connectivity index (χ1v) is 11.0. The lowest BCUT2D eigenvalue weighted by atomic mass is 10.2. The normalized spacial score (nSPS) is 14.5. The molecule has 172 valence electrons. The molecule has 1 fully saturated rings. The van der Waals surface area contributed by atoms with Gasteiger partial charge in [-0.05, 0) is 53.2 Å². The summed E-state index contributed by atoms with van der Waals surface area (Å²) in [6.45, 7) is -0.219. The molecule has 1 saturated heterocycles. The Labute approximate surface area is 198 Å². The highest BCUT2D eigenvalue weighted by Gasteiger charge is 2.36. The average molecular weight is 480 g/mol. The number of benzene rings is 3. The highest BCUT2D eigenvalue weighted by Crippen LogP contribution is 2.32. The van der Waals surface area contributed by atoms with Gasteiger partial charge in [0, 0.05) is 6.07 Å². The zero-order valence-electron chi connectivity index (χ0n) is 17.7. The molecule has 6 nitrogen and oxygen atoms in total. The van der Waals surface area contributed by atoms with Crippen LogP contribution >= 0.6 is 11.8 Å². The van der Waals surface area contributed by atoms with Gasteiger partial charge in [-0.2, -0.15) is 0 Å². The largest absolute Gasteiger partial charge is 0.489 e. The zero-order chi connectivity index (χ0) is 24.1. The van der Waals surface area contributed by atoms with Crippen molar-refractivity contribution in [1.82, 2.24) is 4.90 Å². The number of nitrogens with one attached hydrogen (secondary N) is 1. The number of carbonyl (C=O) groups excluding carboxylic acids is 3. The Morgan fingerprint density at radius 1 is 1.00 bits per heavy atom. The third-order valence-corrected chi connectivity index (χ3v) is 5.69. The van der Waals surface area contributed by atoms with Gasteiger partial charge in [0.25, 0.3) is 11.1 Å². The Morgan fingerprint density at radius 2 is 1.79 bits per heavy atom. The Hall–Kier alpha value is -3.98. The second-order valence-electron chi connectivity index (χ2n) is 7.29. The van der Waals surface area contributed by atoms with E-state index in [0.717, 1.165) is 22.6 Å². The molecular formula is C25H18F2N2O4S. The van der Waals surface area contributed by atoms with Crippen LogP contribution in [-0.2, 0) is 16.2 Å². The van der Waals surface area contributed by atoms with Crippen molar-refractivity contribution in [1.29, 1.82) is 0 Å². The molecule has 0 saturated carbocycles. The fourth-order valence-electron chi connectivity index (χ4n) is 3.15. The summed E-state index contributed by atoms with van der Waals surface area (Å²) in [4.78, 5) is 38.2. The van der Waals surface area contributed by atoms with Crippen molar-refractivity contribution in [2.24, 2.45) is 0 Å². The molecule has 3 aromatic carbocycles. The van der Waals surface area contributed by atoms with Gasteiger partial charge in [-0.15, -0.1) is 0 Å². The lowest BCUT2D eigenvalue weighted by Crippen LogP contribution is -2.36. The van der Waals surface area contributed by atoms with Crippen LogP contribution in [0.15, 0.2) is 77.7 Å². The Kier molecular flexibility index (Phi) is 7.03. The molecule has 0 aliphatic carbocycles. The van der Waals surface area contributed by atoms with Crippen molar-refractivity contribution in [2.45, 2.75) is 6.61 Å². The number of ether oxygens (including phenoxy) is 1. The first kappa shape index (κ1) is 23.2. The molecular weight excluding hydrogens is 462 g/mol. The minimum atomic E-state index is -0.961. The van der Waals surface area contributed by atoms with Gasteiger partial charge in [-0.1, -0.05) is 42.5 Å². The topological polar surface area (TPSA) is 75.7 Å². The quantitative estimate of drug-likeness (QED) is 0.470. The third kappa shape index (κ3) is 5.68. The summed E-state index contributed by atoms with van der Waals surface area (Å²) in [6.07, 6.45) is 1.54. The number of anilines is 1. The first-order valence-electron chi connectivity index (χ1n) is 10.2. The molecule has 3 amide bonds. The molecule has 9 heteroatoms. The predicted molar refractivity (Wildman–Crippen MR) is 125 cm³/mol. The van der Waals surface area contributed by atoms with Crippen molar-refractivity contribution in [3.63, 3.8) is 0 Å². The predicted octanol–water partition coefficient (Wildman–Crippen LogP) is 5.22. The van der Waals surface area contributed by atoms with Crippen LogP contribution in [0, 0.1) is 11.6 Å². The van der Waals surface area contributed by atoms with E-state index < -0.39 is 35.2 Å². The molecule has 3 aromatic rings. The molecule has 1 N–H and O–H groups in total. The molecule has 0 spiro atoms. The highest BCUT2D eigenvalue weighted by molar-refractivity contribution is 8.18. The summed E-state index contributed by atoms with van der Waals surface area (Å²) in [7, 11) is 0. The standard InChI is InChI=1S/C25H18F2N2O4S/c26-18-9-10-21(20(27)13-18)28-23(30)14-29-24(31)22(34-25(29)32)12-17-7-4-8-19(11-17)33-15-16-5-2-1-3-6-16/h1-13H,14-15H2,(H,28,30)/b22-12+. The fourth-order valence-corrected chi connectivity index (χ4v) is 3.99. The van der Waals surface area contributed by atoms with Crippen molar-refractivity contribution in [3.05, 3.63) is 100 Å². The van der Waals surface area contributed by atoms with Crippen LogP contribution in [0.5, 0.6) is 5.75 Å². The van der Waals surface area contributed by atoms with Gasteiger partial charge in [0.1, 0.15) is 30.5 Å². The number of imide groups is 1. The first-order chi connectivity index (χ1) is 16.4. The Balaban J connectivity index is 1.40. The maximum absolute atomic E-state index is 13.7. The van der Waals surface area contributed by atoms with Gasteiger partial charge in [0.05, 0.1) is 10.6 Å². The molecule has 1 heterocycles. The van der Waals surface area contributed by atoms with Crippen molar-refractivity contribution >= 4 is 40.6 Å². The molecule has 1 aliphatic rings. The van der Waals surface area contributed by atoms with Crippen LogP contribution in [-0.4, -0.2) is 28.5 Å². The van der Waals surface area contributed by atoms with Gasteiger partial charge in [0.2, 0.25) is 5.91 Å². The van der Waals surface area contributed by atoms with E-state index in [0.29, 0.717) is 35.7 Å². The number of amides is 3. The lowest BCUT2D eigenvalue weighted by Gasteiger charge is -2.12. The van der Waals surface area contributed by atoms with Crippen molar-refractivity contribution < 1.29 is 27.9 Å². The van der Waals surface area contributed by atoms with Crippen molar-refractivity contribution in [3.8, 4) is 5.75 Å². The van der Waals surface area contributed by atoms with E-state index in [-0.39, 0.29) is 10.6 Å². The third-order valence-electron chi connectivity index (χ3n) is 4.78. The van der Waals surface area contributed by atoms with Crippen molar-refractivity contribution in [2.75, 3.05) is 11.9 Å². The molecule has 1 aliphatic heterocycles. The smallest absolute Gasteiger partial charge is 0.294 e. The van der Waals surface area contributed by atoms with Crippen LogP contribution in [0.25, 0.3) is 6.08 Å². The zero-order valence-corrected chi connectivity index (χ0v) is 18.5. The number of rotatable bonds is 7. The summed E-state index contributed by atoms with van der Waals surface area (Å²) < 4.78 is 32.5. The van der Waals surface area contributed by atoms with Gasteiger partial charge >= 0.3 is 0 Å². The number of hydrogen-bond acceptors (Lipinski definition) is 5. The maximum atomic E-state index is 13.7. The number of hydrogen-bond donors (Lipinski definition) is 1. The summed E-state index contributed by atoms with van der Waals surface area (Å²) in [5, 5.41) is 1.61. The average Bonchev–Trinajstić information content (AvgIpc) is 3.08. The van der Waals surface area contributed by atoms with E-state index in [2.05, 4.69) is 5.32 Å². The molecule has 0 radical (unpaired) electrons. The Bertz CT molecular complexity index is 1280. The van der Waals surface area contributed by atoms with E-state index in [1.54, 1.807) is 24.3 Å². The van der Waals surface area contributed by atoms with E-state index >= 15 is 0 Å². The molecule has 0 atom stereocenters. The van der Waals surface area contributed by atoms with Gasteiger partial charge < -0.3 is 10.1 Å². The van der Waals surface area contributed by atoms with Crippen LogP contribution in [0.3, 0.4) is 0 Å². The van der Waals surface area contributed by atoms with E-state index in [1.807, 2.05) is 30.3 Å². The lowest BCUT2D eigenvalue weighted by molar-refractivity contribution is -0.127. The monoisotopic (exact) mass is 480 g/mol. The van der Waals surface area contributed by atoms with E-state index in [4.69, 9.17) is 4.74 Å². The van der Waals surface area contributed by atoms with Crippen LogP contribution in [0.1, 0.15) is 11.1 Å². The number of thioether (sulfide) groups is 1. The highest BCUT2D eigenvalue weighted by atomic mass is 32.2. The molecule has 0 unspecified atom stereocenters. The van der Waals surface area contributed by atoms with Crippen LogP contribution < -0.4 is 10.1 Å². The van der Waals surface area contributed by atoms with Gasteiger partial charge in [-0.25, -0.2) is 8.78 Å². The minimum Gasteiger partial charge on any atom is -0.489 e. The van der Waals surface area contributed by atoms with E-state index in [1.165, 1.54) is 6.08 Å². The summed E-state index contributed by atoms with van der Waals surface area (Å²) in [5.41, 5.74) is 1.41. The van der Waals surface area contributed by atoms with E-state index in [9.17, 15) is 23.2 Å².